The molecule has 0 radical (unpaired) electrons. The Bertz CT molecular complexity index is 490. The molecule has 0 aromatic rings. The first-order valence-electron chi connectivity index (χ1n) is 14.8. The molecule has 208 valence electrons. The summed E-state index contributed by atoms with van der Waals surface area (Å²) in [6, 6.07) is 0. The second-order valence-corrected chi connectivity index (χ2v) is 13.1. The van der Waals surface area contributed by atoms with Crippen molar-refractivity contribution in [3.63, 3.8) is 0 Å². The molecule has 0 saturated carbocycles. The lowest BCUT2D eigenvalue weighted by Gasteiger charge is -2.27. The molecule has 4 nitrogen and oxygen atoms in total. The maximum atomic E-state index is 12.3. The van der Waals surface area contributed by atoms with E-state index in [0.29, 0.717) is 48.3 Å². The van der Waals surface area contributed by atoms with Crippen molar-refractivity contribution in [3.8, 4) is 0 Å². The van der Waals surface area contributed by atoms with Gasteiger partial charge in [-0.05, 0) is 48.3 Å². The Hall–Kier alpha value is -1.06. The molecule has 0 amide bonds. The van der Waals surface area contributed by atoms with Crippen LogP contribution in [0.3, 0.4) is 0 Å². The van der Waals surface area contributed by atoms with E-state index in [9.17, 15) is 19.8 Å². The third-order valence-corrected chi connectivity index (χ3v) is 7.86. The summed E-state index contributed by atoms with van der Waals surface area (Å²) in [5, 5.41) is 20.1. The van der Waals surface area contributed by atoms with Crippen LogP contribution < -0.4 is 0 Å². The van der Waals surface area contributed by atoms with Gasteiger partial charge in [0, 0.05) is 0 Å². The molecule has 0 unspecified atom stereocenters. The van der Waals surface area contributed by atoms with Crippen molar-refractivity contribution in [1.29, 1.82) is 0 Å². The first-order valence-corrected chi connectivity index (χ1v) is 14.8. The van der Waals surface area contributed by atoms with Crippen LogP contribution in [0.15, 0.2) is 0 Å². The minimum absolute atomic E-state index is 0.250. The smallest absolute Gasteiger partial charge is 0.321 e. The van der Waals surface area contributed by atoms with Gasteiger partial charge in [-0.2, -0.15) is 0 Å². The fourth-order valence-corrected chi connectivity index (χ4v) is 5.17. The molecular weight excluding hydrogens is 436 g/mol. The monoisotopic (exact) mass is 496 g/mol. The van der Waals surface area contributed by atoms with E-state index >= 15 is 0 Å². The number of aliphatic carboxylic acids is 2. The summed E-state index contributed by atoms with van der Waals surface area (Å²) in [7, 11) is 0. The molecule has 0 rings (SSSR count). The van der Waals surface area contributed by atoms with E-state index in [1.807, 2.05) is 0 Å². The zero-order chi connectivity index (χ0) is 27.0. The third-order valence-electron chi connectivity index (χ3n) is 7.86. The van der Waals surface area contributed by atoms with E-state index in [1.165, 1.54) is 25.7 Å². The van der Waals surface area contributed by atoms with Crippen LogP contribution in [-0.4, -0.2) is 22.2 Å². The molecule has 0 aliphatic rings. The van der Waals surface area contributed by atoms with Gasteiger partial charge >= 0.3 is 11.9 Å². The van der Waals surface area contributed by atoms with Gasteiger partial charge in [-0.15, -0.1) is 0 Å². The minimum atomic E-state index is -1.64. The quantitative estimate of drug-likeness (QED) is 0.146. The van der Waals surface area contributed by atoms with Gasteiger partial charge in [0.25, 0.3) is 0 Å². The number of carboxylic acid groups (broad SMARTS) is 2. The molecule has 0 aliphatic heterocycles. The lowest BCUT2D eigenvalue weighted by Crippen LogP contribution is -2.39. The average molecular weight is 497 g/mol. The Labute approximate surface area is 218 Å². The highest BCUT2D eigenvalue weighted by Gasteiger charge is 2.45. The molecule has 35 heavy (non-hydrogen) atoms. The summed E-state index contributed by atoms with van der Waals surface area (Å²) in [5.74, 6) is 1.48. The number of rotatable bonds is 22. The number of carbonyl (C=O) groups is 2. The van der Waals surface area contributed by atoms with E-state index in [-0.39, 0.29) is 12.8 Å². The Morgan fingerprint density at radius 3 is 0.943 bits per heavy atom. The van der Waals surface area contributed by atoms with Crippen molar-refractivity contribution >= 4 is 11.9 Å². The fourth-order valence-electron chi connectivity index (χ4n) is 5.17. The van der Waals surface area contributed by atoms with Crippen LogP contribution in [0, 0.1) is 40.9 Å². The van der Waals surface area contributed by atoms with E-state index in [0.717, 1.165) is 38.5 Å². The van der Waals surface area contributed by atoms with Crippen molar-refractivity contribution < 1.29 is 19.8 Å². The second-order valence-electron chi connectivity index (χ2n) is 13.1. The summed E-state index contributed by atoms with van der Waals surface area (Å²) in [6.45, 7) is 18.0. The molecule has 0 heterocycles. The molecule has 0 saturated heterocycles. The summed E-state index contributed by atoms with van der Waals surface area (Å²) in [6.07, 6.45) is 13.1. The van der Waals surface area contributed by atoms with Crippen LogP contribution in [0.5, 0.6) is 0 Å². The first kappa shape index (κ1) is 33.9. The van der Waals surface area contributed by atoms with Crippen molar-refractivity contribution in [3.05, 3.63) is 0 Å². The highest BCUT2D eigenvalue weighted by Crippen LogP contribution is 2.36. The zero-order valence-corrected chi connectivity index (χ0v) is 24.6. The van der Waals surface area contributed by atoms with Crippen molar-refractivity contribution in [2.75, 3.05) is 0 Å². The molecule has 0 aromatic carbocycles. The van der Waals surface area contributed by atoms with Crippen molar-refractivity contribution in [2.24, 2.45) is 40.9 Å². The lowest BCUT2D eigenvalue weighted by molar-refractivity contribution is -0.166. The van der Waals surface area contributed by atoms with E-state index in [2.05, 4.69) is 55.4 Å². The second kappa shape index (κ2) is 18.2. The van der Waals surface area contributed by atoms with Crippen LogP contribution in [0.2, 0.25) is 0 Å². The largest absolute Gasteiger partial charge is 0.480 e. The Morgan fingerprint density at radius 1 is 0.486 bits per heavy atom. The minimum Gasteiger partial charge on any atom is -0.480 e. The summed E-state index contributed by atoms with van der Waals surface area (Å²) in [5.41, 5.74) is -1.64. The third kappa shape index (κ3) is 15.6. The molecule has 0 aromatic heterocycles. The predicted molar refractivity (Wildman–Crippen MR) is 149 cm³/mol. The van der Waals surface area contributed by atoms with Gasteiger partial charge in [-0.25, -0.2) is 0 Å². The molecule has 0 aliphatic carbocycles. The standard InChI is InChI=1S/C31H60O4/c1-23(2)13-17-27(18-14-24(3)4)11-9-21-31(29(32)33,30(34)35)22-10-12-28(19-15-25(5)6)20-16-26(7)8/h23-28H,9-22H2,1-8H3,(H,32,33)(H,34,35). The fraction of sp³-hybridized carbons (Fsp3) is 0.935. The first-order chi connectivity index (χ1) is 16.3. The maximum absolute atomic E-state index is 12.3. The van der Waals surface area contributed by atoms with E-state index in [4.69, 9.17) is 0 Å². The molecule has 4 heteroatoms. The SMILES string of the molecule is CC(C)CCC(CCCC(CCCC(CCC(C)C)CCC(C)C)(C(=O)O)C(=O)O)CCC(C)C. The van der Waals surface area contributed by atoms with Crippen LogP contribution in [0.1, 0.15) is 145 Å². The van der Waals surface area contributed by atoms with E-state index in [1.54, 1.807) is 0 Å². The molecule has 0 fully saturated rings. The van der Waals surface area contributed by atoms with Crippen LogP contribution in [0.25, 0.3) is 0 Å². The van der Waals surface area contributed by atoms with E-state index < -0.39 is 17.4 Å². The maximum Gasteiger partial charge on any atom is 0.321 e. The zero-order valence-electron chi connectivity index (χ0n) is 24.6. The topological polar surface area (TPSA) is 74.6 Å². The van der Waals surface area contributed by atoms with Gasteiger partial charge in [-0.1, -0.05) is 132 Å². The van der Waals surface area contributed by atoms with Crippen molar-refractivity contribution in [2.45, 2.75) is 145 Å². The molecule has 0 spiro atoms. The van der Waals surface area contributed by atoms with Crippen LogP contribution in [0.4, 0.5) is 0 Å². The normalized spacial score (nSPS) is 12.7. The molecular formula is C31H60O4. The molecule has 0 atom stereocenters. The summed E-state index contributed by atoms with van der Waals surface area (Å²) >= 11 is 0. The highest BCUT2D eigenvalue weighted by atomic mass is 16.4. The lowest BCUT2D eigenvalue weighted by atomic mass is 9.75. The highest BCUT2D eigenvalue weighted by molar-refractivity contribution is 5.98. The van der Waals surface area contributed by atoms with Gasteiger partial charge in [0.1, 0.15) is 0 Å². The van der Waals surface area contributed by atoms with Crippen LogP contribution in [-0.2, 0) is 9.59 Å². The van der Waals surface area contributed by atoms with Gasteiger partial charge < -0.3 is 10.2 Å². The predicted octanol–water partition coefficient (Wildman–Crippen LogP) is 9.46. The number of carboxylic acids is 2. The average Bonchev–Trinajstić information content (AvgIpc) is 2.74. The molecule has 0 bridgehead atoms. The Kier molecular flexibility index (Phi) is 17.7. The van der Waals surface area contributed by atoms with Crippen LogP contribution >= 0.6 is 0 Å². The Morgan fingerprint density at radius 2 is 0.743 bits per heavy atom. The van der Waals surface area contributed by atoms with Gasteiger partial charge in [0.2, 0.25) is 0 Å². The van der Waals surface area contributed by atoms with Crippen molar-refractivity contribution in [1.82, 2.24) is 0 Å². The Balaban J connectivity index is 5.13. The van der Waals surface area contributed by atoms with Gasteiger partial charge in [0.05, 0.1) is 0 Å². The summed E-state index contributed by atoms with van der Waals surface area (Å²) < 4.78 is 0. The number of hydrogen-bond donors (Lipinski definition) is 2. The van der Waals surface area contributed by atoms with Gasteiger partial charge in [0.15, 0.2) is 5.41 Å². The summed E-state index contributed by atoms with van der Waals surface area (Å²) in [4.78, 5) is 24.6. The van der Waals surface area contributed by atoms with Gasteiger partial charge in [-0.3, -0.25) is 9.59 Å². The molecule has 2 N–H and O–H groups in total. The number of hydrogen-bond acceptors (Lipinski definition) is 2.